The Bertz CT molecular complexity index is 681. The first-order valence-corrected chi connectivity index (χ1v) is 11.1. The molecule has 1 aliphatic heterocycles. The van der Waals surface area contributed by atoms with Crippen LogP contribution in [0.15, 0.2) is 22.7 Å². The van der Waals surface area contributed by atoms with Gasteiger partial charge in [-0.2, -0.15) is 0 Å². The smallest absolute Gasteiger partial charge is 0.232 e. The molecule has 1 amide bonds. The second kappa shape index (κ2) is 7.98. The molecule has 0 saturated carbocycles. The van der Waals surface area contributed by atoms with E-state index in [4.69, 9.17) is 0 Å². The summed E-state index contributed by atoms with van der Waals surface area (Å²) in [4.78, 5) is 13.9. The van der Waals surface area contributed by atoms with Crippen molar-refractivity contribution < 1.29 is 17.6 Å². The number of hydrogen-bond acceptors (Lipinski definition) is 4. The minimum atomic E-state index is -3.01. The van der Waals surface area contributed by atoms with Crippen LogP contribution in [0.3, 0.4) is 0 Å². The second-order valence-electron chi connectivity index (χ2n) is 5.47. The van der Waals surface area contributed by atoms with E-state index in [1.54, 1.807) is 17.0 Å². The third-order valence-electron chi connectivity index (χ3n) is 3.81. The lowest BCUT2D eigenvalue weighted by molar-refractivity contribution is -0.129. The molecular weight excluding hydrogens is 405 g/mol. The molecule has 4 nitrogen and oxygen atoms in total. The zero-order valence-electron chi connectivity index (χ0n) is 12.8. The van der Waals surface area contributed by atoms with Gasteiger partial charge in [-0.05, 0) is 31.0 Å². The monoisotopic (exact) mass is 423 g/mol. The Labute approximate surface area is 148 Å². The van der Waals surface area contributed by atoms with Gasteiger partial charge in [0.2, 0.25) is 5.91 Å². The van der Waals surface area contributed by atoms with E-state index in [-0.39, 0.29) is 35.0 Å². The fourth-order valence-electron chi connectivity index (χ4n) is 2.63. The van der Waals surface area contributed by atoms with Crippen LogP contribution >= 0.6 is 27.7 Å². The predicted molar refractivity (Wildman–Crippen MR) is 94.7 cm³/mol. The number of amides is 1. The van der Waals surface area contributed by atoms with Crippen LogP contribution < -0.4 is 0 Å². The van der Waals surface area contributed by atoms with Crippen LogP contribution in [0.5, 0.6) is 0 Å². The Balaban J connectivity index is 1.88. The predicted octanol–water partition coefficient (Wildman–Crippen LogP) is 2.86. The van der Waals surface area contributed by atoms with Gasteiger partial charge in [-0.15, -0.1) is 11.8 Å². The Kier molecular flexibility index (Phi) is 6.50. The van der Waals surface area contributed by atoms with Crippen molar-refractivity contribution in [2.75, 3.05) is 23.8 Å². The van der Waals surface area contributed by atoms with E-state index in [1.807, 2.05) is 6.92 Å². The van der Waals surface area contributed by atoms with E-state index in [0.29, 0.717) is 28.8 Å². The average Bonchev–Trinajstić information content (AvgIpc) is 2.82. The van der Waals surface area contributed by atoms with Gasteiger partial charge in [0, 0.05) is 22.8 Å². The Morgan fingerprint density at radius 3 is 2.78 bits per heavy atom. The third-order valence-corrected chi connectivity index (χ3v) is 7.02. The molecule has 0 aromatic heterocycles. The number of carbonyl (C=O) groups excluding carboxylic acids is 1. The summed E-state index contributed by atoms with van der Waals surface area (Å²) in [5.41, 5.74) is 0.553. The molecule has 0 radical (unpaired) electrons. The van der Waals surface area contributed by atoms with Gasteiger partial charge in [-0.3, -0.25) is 4.79 Å². The minimum absolute atomic E-state index is 0.0542. The van der Waals surface area contributed by atoms with Gasteiger partial charge in [0.1, 0.15) is 5.82 Å². The molecule has 1 aromatic carbocycles. The van der Waals surface area contributed by atoms with Crippen molar-refractivity contribution in [2.45, 2.75) is 25.1 Å². The number of halogens is 2. The van der Waals surface area contributed by atoms with Gasteiger partial charge in [0.25, 0.3) is 0 Å². The molecule has 0 aliphatic carbocycles. The van der Waals surface area contributed by atoms with Crippen LogP contribution in [0.4, 0.5) is 4.39 Å². The highest BCUT2D eigenvalue weighted by Crippen LogP contribution is 2.22. The molecule has 0 N–H and O–H groups in total. The summed E-state index contributed by atoms with van der Waals surface area (Å²) in [5.74, 6) is 0.452. The molecule has 1 aliphatic rings. The van der Waals surface area contributed by atoms with E-state index in [9.17, 15) is 17.6 Å². The highest BCUT2D eigenvalue weighted by Gasteiger charge is 2.33. The minimum Gasteiger partial charge on any atom is -0.338 e. The van der Waals surface area contributed by atoms with E-state index in [1.165, 1.54) is 17.8 Å². The molecule has 1 atom stereocenters. The normalized spacial score (nSPS) is 19.7. The zero-order valence-corrected chi connectivity index (χ0v) is 16.0. The SMILES string of the molecule is CCN(C(=O)CSCc1ccc(Br)cc1F)C1CCS(=O)(=O)C1. The van der Waals surface area contributed by atoms with E-state index in [2.05, 4.69) is 15.9 Å². The highest BCUT2D eigenvalue weighted by molar-refractivity contribution is 9.10. The average molecular weight is 424 g/mol. The molecule has 1 unspecified atom stereocenters. The van der Waals surface area contributed by atoms with Crippen molar-refractivity contribution >= 4 is 43.4 Å². The Morgan fingerprint density at radius 2 is 2.22 bits per heavy atom. The van der Waals surface area contributed by atoms with E-state index >= 15 is 0 Å². The third kappa shape index (κ3) is 5.19. The van der Waals surface area contributed by atoms with Gasteiger partial charge in [-0.25, -0.2) is 12.8 Å². The second-order valence-corrected chi connectivity index (χ2v) is 9.60. The first kappa shape index (κ1) is 18.7. The van der Waals surface area contributed by atoms with Crippen molar-refractivity contribution in [2.24, 2.45) is 0 Å². The molecule has 1 saturated heterocycles. The molecular formula is C15H19BrFNO3S2. The number of thioether (sulfide) groups is 1. The molecule has 0 spiro atoms. The first-order chi connectivity index (χ1) is 10.8. The maximum atomic E-state index is 13.7. The number of sulfone groups is 1. The van der Waals surface area contributed by atoms with Crippen LogP contribution in [0.25, 0.3) is 0 Å². The summed E-state index contributed by atoms with van der Waals surface area (Å²) in [5, 5.41) is 0. The van der Waals surface area contributed by atoms with Gasteiger partial charge in [0.15, 0.2) is 9.84 Å². The lowest BCUT2D eigenvalue weighted by Crippen LogP contribution is -2.41. The van der Waals surface area contributed by atoms with Crippen molar-refractivity contribution in [3.63, 3.8) is 0 Å². The summed E-state index contributed by atoms with van der Waals surface area (Å²) < 4.78 is 37.5. The molecule has 1 heterocycles. The molecule has 2 rings (SSSR count). The maximum absolute atomic E-state index is 13.7. The Morgan fingerprint density at radius 1 is 1.48 bits per heavy atom. The lowest BCUT2D eigenvalue weighted by atomic mass is 10.2. The number of nitrogens with zero attached hydrogens (tertiary/aromatic N) is 1. The fraction of sp³-hybridized carbons (Fsp3) is 0.533. The molecule has 23 heavy (non-hydrogen) atoms. The lowest BCUT2D eigenvalue weighted by Gasteiger charge is -2.26. The van der Waals surface area contributed by atoms with Gasteiger partial charge >= 0.3 is 0 Å². The zero-order chi connectivity index (χ0) is 17.0. The van der Waals surface area contributed by atoms with Crippen molar-refractivity contribution in [1.82, 2.24) is 4.90 Å². The van der Waals surface area contributed by atoms with Gasteiger partial charge in [0.05, 0.1) is 17.3 Å². The van der Waals surface area contributed by atoms with Crippen LogP contribution in [-0.4, -0.2) is 49.1 Å². The van der Waals surface area contributed by atoms with E-state index < -0.39 is 9.84 Å². The highest BCUT2D eigenvalue weighted by atomic mass is 79.9. The van der Waals surface area contributed by atoms with Crippen LogP contribution in [0, 0.1) is 5.82 Å². The first-order valence-electron chi connectivity index (χ1n) is 7.34. The summed E-state index contributed by atoms with van der Waals surface area (Å²) in [6.45, 7) is 2.34. The fourth-order valence-corrected chi connectivity index (χ4v) is 5.59. The maximum Gasteiger partial charge on any atom is 0.232 e. The molecule has 8 heteroatoms. The molecule has 0 bridgehead atoms. The van der Waals surface area contributed by atoms with Crippen molar-refractivity contribution in [1.29, 1.82) is 0 Å². The number of rotatable bonds is 6. The quantitative estimate of drug-likeness (QED) is 0.705. The van der Waals surface area contributed by atoms with Crippen molar-refractivity contribution in [3.8, 4) is 0 Å². The summed E-state index contributed by atoms with van der Waals surface area (Å²) in [6.07, 6.45) is 0.508. The van der Waals surface area contributed by atoms with Crippen LogP contribution in [0.1, 0.15) is 18.9 Å². The van der Waals surface area contributed by atoms with Gasteiger partial charge < -0.3 is 4.90 Å². The van der Waals surface area contributed by atoms with Crippen LogP contribution in [0.2, 0.25) is 0 Å². The number of benzene rings is 1. The summed E-state index contributed by atoms with van der Waals surface area (Å²) in [7, 11) is -3.01. The largest absolute Gasteiger partial charge is 0.338 e. The standard InChI is InChI=1S/C15H19BrFNO3S2/c1-2-18(13-5-6-23(20,21)10-13)15(19)9-22-8-11-3-4-12(16)7-14(11)17/h3-4,7,13H,2,5-6,8-10H2,1H3. The van der Waals surface area contributed by atoms with Crippen molar-refractivity contribution in [3.05, 3.63) is 34.1 Å². The van der Waals surface area contributed by atoms with E-state index in [0.717, 1.165) is 0 Å². The topological polar surface area (TPSA) is 54.5 Å². The van der Waals surface area contributed by atoms with Crippen LogP contribution in [-0.2, 0) is 20.4 Å². The molecule has 1 aromatic rings. The molecule has 1 fully saturated rings. The summed E-state index contributed by atoms with van der Waals surface area (Å²) in [6, 6.07) is 4.64. The number of hydrogen-bond donors (Lipinski definition) is 0. The van der Waals surface area contributed by atoms with Gasteiger partial charge in [-0.1, -0.05) is 22.0 Å². The summed E-state index contributed by atoms with van der Waals surface area (Å²) >= 11 is 4.55. The molecule has 128 valence electrons. The Hall–Kier alpha value is -0.600. The number of carbonyl (C=O) groups is 1.